The maximum atomic E-state index is 15.1. The second kappa shape index (κ2) is 8.30. The molecule has 33 heavy (non-hydrogen) atoms. The SMILES string of the molecule is COC(=O)c1ccc(-c2nn(C(=O)c3c(Cl)cccc3C3CC3)c3c2N(C)CCC3)c(F)c1. The van der Waals surface area contributed by atoms with Gasteiger partial charge in [-0.05, 0) is 61.4 Å². The molecule has 0 amide bonds. The van der Waals surface area contributed by atoms with Gasteiger partial charge in [0.1, 0.15) is 11.5 Å². The van der Waals surface area contributed by atoms with Gasteiger partial charge in [-0.25, -0.2) is 9.18 Å². The van der Waals surface area contributed by atoms with Crippen LogP contribution in [-0.2, 0) is 11.2 Å². The standard InChI is InChI=1S/C25H23ClFN3O3/c1-29-12-4-7-20-23(29)22(17-11-10-15(13-19(17)27)25(32)33-2)28-30(20)24(31)21-16(14-8-9-14)5-3-6-18(21)26/h3,5-6,10-11,13-14H,4,7-9,12H2,1-2H3. The van der Waals surface area contributed by atoms with E-state index in [4.69, 9.17) is 11.6 Å². The van der Waals surface area contributed by atoms with Gasteiger partial charge in [-0.2, -0.15) is 9.78 Å². The Morgan fingerprint density at radius 2 is 2.00 bits per heavy atom. The maximum absolute atomic E-state index is 15.1. The summed E-state index contributed by atoms with van der Waals surface area (Å²) in [4.78, 5) is 27.5. The normalized spacial score (nSPS) is 15.3. The third-order valence-electron chi connectivity index (χ3n) is 6.36. The Morgan fingerprint density at radius 3 is 2.70 bits per heavy atom. The summed E-state index contributed by atoms with van der Waals surface area (Å²) >= 11 is 6.49. The van der Waals surface area contributed by atoms with Crippen LogP contribution in [0.5, 0.6) is 0 Å². The minimum Gasteiger partial charge on any atom is -0.465 e. The van der Waals surface area contributed by atoms with E-state index in [1.165, 1.54) is 23.9 Å². The molecule has 0 saturated heterocycles. The lowest BCUT2D eigenvalue weighted by molar-refractivity contribution is 0.0600. The van der Waals surface area contributed by atoms with Gasteiger partial charge in [0.25, 0.3) is 5.91 Å². The summed E-state index contributed by atoms with van der Waals surface area (Å²) in [6.45, 7) is 0.765. The van der Waals surface area contributed by atoms with Crippen LogP contribution >= 0.6 is 11.6 Å². The molecule has 6 nitrogen and oxygen atoms in total. The van der Waals surface area contributed by atoms with Gasteiger partial charge in [0.15, 0.2) is 0 Å². The van der Waals surface area contributed by atoms with Crippen LogP contribution in [0, 0.1) is 5.82 Å². The zero-order valence-corrected chi connectivity index (χ0v) is 19.2. The molecule has 5 rings (SSSR count). The Labute approximate surface area is 195 Å². The number of hydrogen-bond donors (Lipinski definition) is 0. The van der Waals surface area contributed by atoms with E-state index in [-0.39, 0.29) is 17.0 Å². The van der Waals surface area contributed by atoms with E-state index < -0.39 is 11.8 Å². The van der Waals surface area contributed by atoms with Gasteiger partial charge in [-0.1, -0.05) is 23.7 Å². The molecule has 0 unspecified atom stereocenters. The molecule has 1 aromatic heterocycles. The molecule has 0 N–H and O–H groups in total. The van der Waals surface area contributed by atoms with Crippen LogP contribution in [0.25, 0.3) is 11.3 Å². The number of esters is 1. The molecule has 0 spiro atoms. The molecular weight excluding hydrogens is 445 g/mol. The van der Waals surface area contributed by atoms with Crippen molar-refractivity contribution in [3.8, 4) is 11.3 Å². The van der Waals surface area contributed by atoms with E-state index in [1.807, 2.05) is 24.1 Å². The highest BCUT2D eigenvalue weighted by atomic mass is 35.5. The number of hydrogen-bond acceptors (Lipinski definition) is 5. The third-order valence-corrected chi connectivity index (χ3v) is 6.67. The Bertz CT molecular complexity index is 1280. The molecule has 2 heterocycles. The van der Waals surface area contributed by atoms with Crippen molar-refractivity contribution < 1.29 is 18.7 Å². The van der Waals surface area contributed by atoms with E-state index in [0.29, 0.717) is 28.6 Å². The fraction of sp³-hybridized carbons (Fsp3) is 0.320. The Hall–Kier alpha value is -3.19. The number of anilines is 1. The quantitative estimate of drug-likeness (QED) is 0.501. The highest BCUT2D eigenvalue weighted by Crippen LogP contribution is 2.44. The summed E-state index contributed by atoms with van der Waals surface area (Å²) in [5.74, 6) is -1.19. The fourth-order valence-corrected chi connectivity index (χ4v) is 4.84. The number of aromatic nitrogens is 2. The number of fused-ring (bicyclic) bond motifs is 1. The summed E-state index contributed by atoms with van der Waals surface area (Å²) in [6.07, 6.45) is 3.56. The Morgan fingerprint density at radius 1 is 1.21 bits per heavy atom. The number of benzene rings is 2. The number of carbonyl (C=O) groups is 2. The van der Waals surface area contributed by atoms with Crippen LogP contribution in [0.4, 0.5) is 10.1 Å². The van der Waals surface area contributed by atoms with Gasteiger partial charge in [-0.3, -0.25) is 4.79 Å². The van der Waals surface area contributed by atoms with E-state index in [1.54, 1.807) is 6.07 Å². The largest absolute Gasteiger partial charge is 0.465 e. The number of ether oxygens (including phenoxy) is 1. The van der Waals surface area contributed by atoms with E-state index in [9.17, 15) is 9.59 Å². The van der Waals surface area contributed by atoms with Crippen molar-refractivity contribution in [1.82, 2.24) is 9.78 Å². The minimum absolute atomic E-state index is 0.113. The Kier molecular flexibility index (Phi) is 5.44. The molecule has 1 saturated carbocycles. The van der Waals surface area contributed by atoms with Gasteiger partial charge in [0.05, 0.1) is 34.6 Å². The molecule has 0 radical (unpaired) electrons. The van der Waals surface area contributed by atoms with Gasteiger partial charge in [-0.15, -0.1) is 0 Å². The molecule has 1 fully saturated rings. The van der Waals surface area contributed by atoms with Crippen LogP contribution < -0.4 is 4.90 Å². The molecule has 2 aliphatic rings. The smallest absolute Gasteiger partial charge is 0.337 e. The molecule has 0 atom stereocenters. The first-order chi connectivity index (χ1) is 15.9. The van der Waals surface area contributed by atoms with Crippen LogP contribution in [0.1, 0.15) is 57.2 Å². The predicted molar refractivity (Wildman–Crippen MR) is 124 cm³/mol. The molecular formula is C25H23ClFN3O3. The maximum Gasteiger partial charge on any atom is 0.337 e. The summed E-state index contributed by atoms with van der Waals surface area (Å²) in [6, 6.07) is 9.67. The summed E-state index contributed by atoms with van der Waals surface area (Å²) in [7, 11) is 3.15. The van der Waals surface area contributed by atoms with Crippen LogP contribution in [-0.4, -0.2) is 42.4 Å². The van der Waals surface area contributed by atoms with Crippen molar-refractivity contribution in [2.45, 2.75) is 31.6 Å². The first kappa shape index (κ1) is 21.6. The fourth-order valence-electron chi connectivity index (χ4n) is 4.57. The molecule has 0 bridgehead atoms. The third kappa shape index (κ3) is 3.70. The Balaban J connectivity index is 1.66. The zero-order valence-electron chi connectivity index (χ0n) is 18.4. The van der Waals surface area contributed by atoms with Gasteiger partial charge >= 0.3 is 5.97 Å². The van der Waals surface area contributed by atoms with Crippen molar-refractivity contribution in [2.75, 3.05) is 25.6 Å². The topological polar surface area (TPSA) is 64.4 Å². The number of rotatable bonds is 4. The molecule has 1 aliphatic carbocycles. The highest BCUT2D eigenvalue weighted by Gasteiger charge is 2.34. The second-order valence-corrected chi connectivity index (χ2v) is 8.96. The highest BCUT2D eigenvalue weighted by molar-refractivity contribution is 6.34. The van der Waals surface area contributed by atoms with Crippen molar-refractivity contribution in [3.05, 3.63) is 69.6 Å². The first-order valence-electron chi connectivity index (χ1n) is 10.9. The molecule has 3 aromatic rings. The predicted octanol–water partition coefficient (Wildman–Crippen LogP) is 5.08. The molecule has 2 aromatic carbocycles. The van der Waals surface area contributed by atoms with E-state index in [2.05, 4.69) is 9.84 Å². The first-order valence-corrected chi connectivity index (χ1v) is 11.3. The average molecular weight is 468 g/mol. The lowest BCUT2D eigenvalue weighted by Crippen LogP contribution is -2.27. The van der Waals surface area contributed by atoms with Gasteiger partial charge in [0.2, 0.25) is 0 Å². The van der Waals surface area contributed by atoms with Gasteiger partial charge in [0, 0.05) is 19.2 Å². The van der Waals surface area contributed by atoms with E-state index >= 15 is 4.39 Å². The monoisotopic (exact) mass is 467 g/mol. The minimum atomic E-state index is -0.619. The second-order valence-electron chi connectivity index (χ2n) is 8.55. The van der Waals surface area contributed by atoms with E-state index in [0.717, 1.165) is 48.8 Å². The number of halogens is 2. The molecule has 170 valence electrons. The van der Waals surface area contributed by atoms with Crippen molar-refractivity contribution in [2.24, 2.45) is 0 Å². The number of carbonyl (C=O) groups excluding carboxylic acids is 2. The zero-order chi connectivity index (χ0) is 23.3. The number of nitrogens with zero attached hydrogens (tertiary/aromatic N) is 3. The van der Waals surface area contributed by atoms with Crippen LogP contribution in [0.15, 0.2) is 36.4 Å². The van der Waals surface area contributed by atoms with Crippen molar-refractivity contribution >= 4 is 29.2 Å². The molecule has 8 heteroatoms. The number of methoxy groups -OCH3 is 1. The lowest BCUT2D eigenvalue weighted by Gasteiger charge is -2.26. The summed E-state index contributed by atoms with van der Waals surface area (Å²) in [5.41, 5.74) is 3.57. The van der Waals surface area contributed by atoms with Crippen LogP contribution in [0.2, 0.25) is 5.02 Å². The van der Waals surface area contributed by atoms with Crippen LogP contribution in [0.3, 0.4) is 0 Å². The van der Waals surface area contributed by atoms with Crippen molar-refractivity contribution in [1.29, 1.82) is 0 Å². The average Bonchev–Trinajstić information content (AvgIpc) is 3.58. The van der Waals surface area contributed by atoms with Crippen molar-refractivity contribution in [3.63, 3.8) is 0 Å². The summed E-state index contributed by atoms with van der Waals surface area (Å²) < 4.78 is 21.2. The molecule has 1 aliphatic heterocycles. The lowest BCUT2D eigenvalue weighted by atomic mass is 10.0. The summed E-state index contributed by atoms with van der Waals surface area (Å²) in [5, 5.41) is 5.01. The van der Waals surface area contributed by atoms with Gasteiger partial charge < -0.3 is 9.64 Å².